The standard InChI is InChI=1S/C29H37ClN6O4/c1-28(2)26(29(3,4)27(28)40-21-7-5-19(16-31)22(30)15-21)34-25(38)20-6-8-24(33-17-20)36-11-9-35(10-12-36)13-14-39-18-23(32)37/h5-8,15,17,26-27H,9-14,18H2,1-4H3,(H2,32,37)(H,34,38)/t26-,27-. The van der Waals surface area contributed by atoms with E-state index in [2.05, 4.69) is 53.9 Å². The molecule has 1 saturated heterocycles. The fourth-order valence-electron chi connectivity index (χ4n) is 6.08. The Morgan fingerprint density at radius 2 is 1.85 bits per heavy atom. The first-order valence-corrected chi connectivity index (χ1v) is 13.8. The topological polar surface area (TPSA) is 134 Å². The third-order valence-electron chi connectivity index (χ3n) is 7.93. The summed E-state index contributed by atoms with van der Waals surface area (Å²) in [6, 6.07) is 10.7. The molecule has 0 bridgehead atoms. The molecule has 11 heteroatoms. The van der Waals surface area contributed by atoms with Gasteiger partial charge in [-0.15, -0.1) is 0 Å². The number of primary amides is 1. The molecular weight excluding hydrogens is 532 g/mol. The summed E-state index contributed by atoms with van der Waals surface area (Å²) in [4.78, 5) is 33.0. The van der Waals surface area contributed by atoms with Gasteiger partial charge in [0.15, 0.2) is 0 Å². The van der Waals surface area contributed by atoms with Crippen LogP contribution < -0.4 is 20.7 Å². The van der Waals surface area contributed by atoms with Gasteiger partial charge in [0.25, 0.3) is 5.91 Å². The lowest BCUT2D eigenvalue weighted by Crippen LogP contribution is -2.74. The molecule has 2 heterocycles. The van der Waals surface area contributed by atoms with Crippen molar-refractivity contribution < 1.29 is 19.1 Å². The van der Waals surface area contributed by atoms with Gasteiger partial charge in [0.2, 0.25) is 5.91 Å². The van der Waals surface area contributed by atoms with Crippen LogP contribution in [0, 0.1) is 22.2 Å². The lowest BCUT2D eigenvalue weighted by molar-refractivity contribution is -0.164. The summed E-state index contributed by atoms with van der Waals surface area (Å²) >= 11 is 6.19. The van der Waals surface area contributed by atoms with E-state index < -0.39 is 5.91 Å². The van der Waals surface area contributed by atoms with Gasteiger partial charge < -0.3 is 25.4 Å². The zero-order chi connectivity index (χ0) is 29.1. The third kappa shape index (κ3) is 6.33. The Bertz CT molecular complexity index is 1250. The first-order valence-electron chi connectivity index (χ1n) is 13.4. The van der Waals surface area contributed by atoms with Crippen molar-refractivity contribution in [2.24, 2.45) is 16.6 Å². The van der Waals surface area contributed by atoms with Crippen LogP contribution in [0.25, 0.3) is 0 Å². The van der Waals surface area contributed by atoms with E-state index in [1.807, 2.05) is 12.1 Å². The van der Waals surface area contributed by atoms with Gasteiger partial charge >= 0.3 is 0 Å². The SMILES string of the molecule is CC1(C)[C@H](NC(=O)c2ccc(N3CCN(CCOCC(N)=O)CC3)nc2)C(C)(C)[C@H]1Oc1ccc(C#N)c(Cl)c1. The highest BCUT2D eigenvalue weighted by Crippen LogP contribution is 2.55. The van der Waals surface area contributed by atoms with Crippen molar-refractivity contribution in [2.45, 2.75) is 39.8 Å². The molecule has 1 aromatic heterocycles. The lowest BCUT2D eigenvalue weighted by Gasteiger charge is -2.63. The molecule has 10 nitrogen and oxygen atoms in total. The zero-order valence-corrected chi connectivity index (χ0v) is 24.2. The molecule has 2 aliphatic rings. The molecule has 3 N–H and O–H groups in total. The van der Waals surface area contributed by atoms with Crippen molar-refractivity contribution in [3.8, 4) is 11.8 Å². The zero-order valence-electron chi connectivity index (χ0n) is 23.4. The van der Waals surface area contributed by atoms with Crippen LogP contribution in [0.5, 0.6) is 5.75 Å². The molecule has 1 aliphatic heterocycles. The van der Waals surface area contributed by atoms with Crippen LogP contribution in [-0.4, -0.2) is 79.8 Å². The molecule has 2 fully saturated rings. The highest BCUT2D eigenvalue weighted by Gasteiger charge is 2.64. The highest BCUT2D eigenvalue weighted by molar-refractivity contribution is 6.31. The first kappa shape index (κ1) is 29.6. The van der Waals surface area contributed by atoms with E-state index >= 15 is 0 Å². The number of piperazine rings is 1. The molecule has 2 aromatic rings. The van der Waals surface area contributed by atoms with Crippen molar-refractivity contribution in [1.29, 1.82) is 5.26 Å². The second-order valence-corrected chi connectivity index (χ2v) is 12.0. The maximum absolute atomic E-state index is 13.2. The summed E-state index contributed by atoms with van der Waals surface area (Å²) < 4.78 is 11.6. The number of carbonyl (C=O) groups is 2. The van der Waals surface area contributed by atoms with Gasteiger partial charge in [-0.3, -0.25) is 14.5 Å². The molecule has 2 amide bonds. The van der Waals surface area contributed by atoms with Crippen molar-refractivity contribution >= 4 is 29.2 Å². The maximum atomic E-state index is 13.2. The molecule has 1 aromatic carbocycles. The summed E-state index contributed by atoms with van der Waals surface area (Å²) in [5, 5.41) is 12.7. The largest absolute Gasteiger partial charge is 0.489 e. The number of nitriles is 1. The predicted molar refractivity (Wildman–Crippen MR) is 152 cm³/mol. The number of carbonyl (C=O) groups excluding carboxylic acids is 2. The second-order valence-electron chi connectivity index (χ2n) is 11.6. The van der Waals surface area contributed by atoms with Crippen molar-refractivity contribution in [3.05, 3.63) is 52.7 Å². The molecular formula is C29H37ClN6O4. The summed E-state index contributed by atoms with van der Waals surface area (Å²) in [5.74, 6) is 0.791. The number of hydrogen-bond donors (Lipinski definition) is 2. The van der Waals surface area contributed by atoms with E-state index in [4.69, 9.17) is 32.1 Å². The van der Waals surface area contributed by atoms with Crippen LogP contribution in [0.1, 0.15) is 43.6 Å². The number of aromatic nitrogens is 1. The van der Waals surface area contributed by atoms with Gasteiger partial charge in [-0.2, -0.15) is 5.26 Å². The number of nitrogens with two attached hydrogens (primary N) is 1. The molecule has 0 unspecified atom stereocenters. The van der Waals surface area contributed by atoms with Gasteiger partial charge in [0, 0.05) is 61.9 Å². The summed E-state index contributed by atoms with van der Waals surface area (Å²) in [5.41, 5.74) is 5.30. The van der Waals surface area contributed by atoms with Crippen LogP contribution in [0.15, 0.2) is 36.5 Å². The van der Waals surface area contributed by atoms with Crippen molar-refractivity contribution in [3.63, 3.8) is 0 Å². The number of benzene rings is 1. The predicted octanol–water partition coefficient (Wildman–Crippen LogP) is 2.84. The molecule has 214 valence electrons. The van der Waals surface area contributed by atoms with Gasteiger partial charge in [-0.25, -0.2) is 4.98 Å². The minimum Gasteiger partial charge on any atom is -0.489 e. The third-order valence-corrected chi connectivity index (χ3v) is 8.25. The fraction of sp³-hybridized carbons (Fsp3) is 0.517. The summed E-state index contributed by atoms with van der Waals surface area (Å²) in [7, 11) is 0. The minimum atomic E-state index is -0.461. The number of pyridine rings is 1. The molecule has 0 radical (unpaired) electrons. The number of halogens is 1. The molecule has 0 atom stereocenters. The molecule has 1 aliphatic carbocycles. The average molecular weight is 569 g/mol. The number of amides is 2. The smallest absolute Gasteiger partial charge is 0.253 e. The monoisotopic (exact) mass is 568 g/mol. The Kier molecular flexibility index (Phi) is 8.88. The van der Waals surface area contributed by atoms with Crippen LogP contribution in [0.3, 0.4) is 0 Å². The van der Waals surface area contributed by atoms with Gasteiger partial charge in [-0.05, 0) is 24.3 Å². The Labute approximate surface area is 240 Å². The fourth-order valence-corrected chi connectivity index (χ4v) is 6.30. The Balaban J connectivity index is 1.30. The minimum absolute atomic E-state index is 0.0537. The maximum Gasteiger partial charge on any atom is 0.253 e. The van der Waals surface area contributed by atoms with Crippen LogP contribution in [0.4, 0.5) is 5.82 Å². The van der Waals surface area contributed by atoms with Crippen molar-refractivity contribution in [2.75, 3.05) is 50.8 Å². The lowest BCUT2D eigenvalue weighted by atomic mass is 9.49. The first-order chi connectivity index (χ1) is 18.9. The van der Waals surface area contributed by atoms with Gasteiger partial charge in [0.1, 0.15) is 30.3 Å². The number of nitrogens with one attached hydrogen (secondary N) is 1. The average Bonchev–Trinajstić information content (AvgIpc) is 2.92. The van der Waals surface area contributed by atoms with Crippen LogP contribution >= 0.6 is 11.6 Å². The Morgan fingerprint density at radius 3 is 2.42 bits per heavy atom. The van der Waals surface area contributed by atoms with E-state index in [0.29, 0.717) is 28.5 Å². The number of nitrogens with zero attached hydrogens (tertiary/aromatic N) is 4. The Morgan fingerprint density at radius 1 is 1.15 bits per heavy atom. The summed E-state index contributed by atoms with van der Waals surface area (Å²) in [6.45, 7) is 12.8. The normalized spacial score (nSPS) is 21.6. The number of ether oxygens (including phenoxy) is 2. The van der Waals surface area contributed by atoms with E-state index in [-0.39, 0.29) is 35.5 Å². The molecule has 4 rings (SSSR count). The number of rotatable bonds is 10. The van der Waals surface area contributed by atoms with Crippen molar-refractivity contribution in [1.82, 2.24) is 15.2 Å². The van der Waals surface area contributed by atoms with Crippen LogP contribution in [-0.2, 0) is 9.53 Å². The van der Waals surface area contributed by atoms with E-state index in [1.165, 1.54) is 0 Å². The van der Waals surface area contributed by atoms with E-state index in [0.717, 1.165) is 38.5 Å². The highest BCUT2D eigenvalue weighted by atomic mass is 35.5. The van der Waals surface area contributed by atoms with Gasteiger partial charge in [-0.1, -0.05) is 39.3 Å². The van der Waals surface area contributed by atoms with E-state index in [9.17, 15) is 9.59 Å². The number of anilines is 1. The van der Waals surface area contributed by atoms with E-state index in [1.54, 1.807) is 24.4 Å². The quantitative estimate of drug-likeness (QED) is 0.418. The molecule has 0 spiro atoms. The molecule has 1 saturated carbocycles. The summed E-state index contributed by atoms with van der Waals surface area (Å²) in [6.07, 6.45) is 1.45. The number of hydrogen-bond acceptors (Lipinski definition) is 8. The Hall–Kier alpha value is -3.39. The second kappa shape index (κ2) is 12.0. The molecule has 40 heavy (non-hydrogen) atoms. The van der Waals surface area contributed by atoms with Crippen LogP contribution in [0.2, 0.25) is 5.02 Å². The van der Waals surface area contributed by atoms with Gasteiger partial charge in [0.05, 0.1) is 22.8 Å².